The zero-order valence-electron chi connectivity index (χ0n) is 11.8. The highest BCUT2D eigenvalue weighted by Gasteiger charge is 2.35. The molecular weight excluding hydrogens is 314 g/mol. The molecule has 0 N–H and O–H groups in total. The van der Waals surface area contributed by atoms with Crippen molar-refractivity contribution >= 4 is 15.9 Å². The fourth-order valence-corrected chi connectivity index (χ4v) is 3.57. The van der Waals surface area contributed by atoms with E-state index >= 15 is 0 Å². The standard InChI is InChI=1S/C17H18BrNO/c1-11-9-17(2,3)20-15-6-4-5-12(16(11)15)13-10-19-8-7-14(13)18/h4,6-8,10,12H,1,5,9H2,2-3H3/t12-/m0/s1. The molecule has 2 heterocycles. The van der Waals surface area contributed by atoms with Gasteiger partial charge in [0.1, 0.15) is 11.4 Å². The molecule has 1 aliphatic heterocycles. The number of nitrogens with zero attached hydrogens (tertiary/aromatic N) is 1. The molecule has 2 aliphatic rings. The van der Waals surface area contributed by atoms with Gasteiger partial charge in [-0.3, -0.25) is 4.98 Å². The molecule has 0 amide bonds. The van der Waals surface area contributed by atoms with Gasteiger partial charge in [0.05, 0.1) is 0 Å². The Morgan fingerprint density at radius 1 is 1.45 bits per heavy atom. The van der Waals surface area contributed by atoms with Gasteiger partial charge in [-0.15, -0.1) is 0 Å². The van der Waals surface area contributed by atoms with Crippen LogP contribution in [0, 0.1) is 0 Å². The third kappa shape index (κ3) is 2.35. The van der Waals surface area contributed by atoms with Crippen LogP contribution in [0.2, 0.25) is 0 Å². The monoisotopic (exact) mass is 331 g/mol. The smallest absolute Gasteiger partial charge is 0.123 e. The highest BCUT2D eigenvalue weighted by Crippen LogP contribution is 2.46. The average Bonchev–Trinajstić information content (AvgIpc) is 2.37. The van der Waals surface area contributed by atoms with Crippen LogP contribution in [0.1, 0.15) is 38.2 Å². The lowest BCUT2D eigenvalue weighted by Gasteiger charge is -2.39. The first-order valence-electron chi connectivity index (χ1n) is 6.85. The molecule has 0 spiro atoms. The second-order valence-corrected chi connectivity index (χ2v) is 6.86. The maximum absolute atomic E-state index is 6.14. The summed E-state index contributed by atoms with van der Waals surface area (Å²) in [5.74, 6) is 1.25. The summed E-state index contributed by atoms with van der Waals surface area (Å²) in [4.78, 5) is 4.26. The summed E-state index contributed by atoms with van der Waals surface area (Å²) < 4.78 is 7.23. The van der Waals surface area contributed by atoms with Crippen LogP contribution in [-0.4, -0.2) is 10.6 Å². The molecular formula is C17H18BrNO. The highest BCUT2D eigenvalue weighted by molar-refractivity contribution is 9.10. The Morgan fingerprint density at radius 3 is 3.00 bits per heavy atom. The summed E-state index contributed by atoms with van der Waals surface area (Å²) in [5.41, 5.74) is 3.45. The van der Waals surface area contributed by atoms with Gasteiger partial charge in [0.2, 0.25) is 0 Å². The molecule has 1 aromatic heterocycles. The number of hydrogen-bond donors (Lipinski definition) is 0. The maximum atomic E-state index is 6.14. The van der Waals surface area contributed by atoms with Crippen molar-refractivity contribution in [3.8, 4) is 0 Å². The van der Waals surface area contributed by atoms with Gasteiger partial charge in [-0.25, -0.2) is 0 Å². The van der Waals surface area contributed by atoms with E-state index in [4.69, 9.17) is 4.74 Å². The second-order valence-electron chi connectivity index (χ2n) is 6.01. The Balaban J connectivity index is 2.08. The van der Waals surface area contributed by atoms with Crippen molar-refractivity contribution in [3.63, 3.8) is 0 Å². The molecule has 0 saturated carbocycles. The molecule has 1 atom stereocenters. The zero-order valence-corrected chi connectivity index (χ0v) is 13.4. The van der Waals surface area contributed by atoms with Crippen molar-refractivity contribution in [2.45, 2.75) is 38.2 Å². The Morgan fingerprint density at radius 2 is 2.25 bits per heavy atom. The molecule has 1 aromatic rings. The van der Waals surface area contributed by atoms with Gasteiger partial charge in [0.15, 0.2) is 0 Å². The lowest BCUT2D eigenvalue weighted by molar-refractivity contribution is 0.0307. The van der Waals surface area contributed by atoms with Crippen LogP contribution in [0.3, 0.4) is 0 Å². The van der Waals surface area contributed by atoms with E-state index in [0.717, 1.165) is 23.1 Å². The van der Waals surface area contributed by atoms with Crippen LogP contribution in [0.5, 0.6) is 0 Å². The molecule has 2 nitrogen and oxygen atoms in total. The van der Waals surface area contributed by atoms with E-state index in [1.807, 2.05) is 12.3 Å². The lowest BCUT2D eigenvalue weighted by atomic mass is 9.77. The van der Waals surface area contributed by atoms with Crippen LogP contribution in [0.4, 0.5) is 0 Å². The molecule has 0 bridgehead atoms. The molecule has 0 radical (unpaired) electrons. The van der Waals surface area contributed by atoms with Crippen molar-refractivity contribution < 1.29 is 4.74 Å². The summed E-state index contributed by atoms with van der Waals surface area (Å²) in [6, 6.07) is 1.99. The molecule has 104 valence electrons. The summed E-state index contributed by atoms with van der Waals surface area (Å²) in [5, 5.41) is 0. The van der Waals surface area contributed by atoms with E-state index in [1.54, 1.807) is 6.20 Å². The molecule has 0 aromatic carbocycles. The number of hydrogen-bond acceptors (Lipinski definition) is 2. The van der Waals surface area contributed by atoms with Gasteiger partial charge >= 0.3 is 0 Å². The zero-order chi connectivity index (χ0) is 14.3. The minimum atomic E-state index is -0.172. The number of aromatic nitrogens is 1. The van der Waals surface area contributed by atoms with Crippen LogP contribution in [0.25, 0.3) is 0 Å². The lowest BCUT2D eigenvalue weighted by Crippen LogP contribution is -2.31. The van der Waals surface area contributed by atoms with Crippen molar-refractivity contribution in [3.05, 3.63) is 64.1 Å². The van der Waals surface area contributed by atoms with Gasteiger partial charge < -0.3 is 4.74 Å². The predicted molar refractivity (Wildman–Crippen MR) is 84.4 cm³/mol. The summed E-state index contributed by atoms with van der Waals surface area (Å²) >= 11 is 3.63. The second kappa shape index (κ2) is 4.88. The van der Waals surface area contributed by atoms with E-state index in [9.17, 15) is 0 Å². The molecule has 1 aliphatic carbocycles. The van der Waals surface area contributed by atoms with Gasteiger partial charge in [-0.1, -0.05) is 28.6 Å². The van der Waals surface area contributed by atoms with Crippen LogP contribution >= 0.6 is 15.9 Å². The number of pyridine rings is 1. The van der Waals surface area contributed by atoms with Gasteiger partial charge in [0, 0.05) is 34.8 Å². The van der Waals surface area contributed by atoms with E-state index in [1.165, 1.54) is 16.7 Å². The number of halogens is 1. The minimum Gasteiger partial charge on any atom is -0.487 e. The predicted octanol–water partition coefficient (Wildman–Crippen LogP) is 4.90. The summed E-state index contributed by atoms with van der Waals surface area (Å²) in [7, 11) is 0. The van der Waals surface area contributed by atoms with Crippen molar-refractivity contribution in [1.82, 2.24) is 4.98 Å². The quantitative estimate of drug-likeness (QED) is 0.730. The summed E-state index contributed by atoms with van der Waals surface area (Å²) in [6.07, 6.45) is 9.84. The Kier molecular flexibility index (Phi) is 3.33. The van der Waals surface area contributed by atoms with E-state index in [0.29, 0.717) is 0 Å². The van der Waals surface area contributed by atoms with Gasteiger partial charge in [-0.2, -0.15) is 0 Å². The van der Waals surface area contributed by atoms with Crippen LogP contribution in [-0.2, 0) is 4.74 Å². The summed E-state index contributed by atoms with van der Waals surface area (Å²) in [6.45, 7) is 8.51. The van der Waals surface area contributed by atoms with Crippen LogP contribution in [0.15, 0.2) is 58.6 Å². The van der Waals surface area contributed by atoms with Crippen molar-refractivity contribution in [1.29, 1.82) is 0 Å². The molecule has 0 unspecified atom stereocenters. The topological polar surface area (TPSA) is 22.1 Å². The average molecular weight is 332 g/mol. The molecule has 0 saturated heterocycles. The first-order chi connectivity index (χ1) is 9.48. The normalized spacial score (nSPS) is 24.4. The number of ether oxygens (including phenoxy) is 1. The van der Waals surface area contributed by atoms with E-state index in [2.05, 4.69) is 53.5 Å². The Hall–Kier alpha value is -1.35. The van der Waals surface area contributed by atoms with Crippen LogP contribution < -0.4 is 0 Å². The Bertz CT molecular complexity index is 628. The SMILES string of the molecule is C=C1CC(C)(C)OC2=C1[C@H](c1cnccc1Br)CC=C2. The minimum absolute atomic E-state index is 0.172. The largest absolute Gasteiger partial charge is 0.487 e. The van der Waals surface area contributed by atoms with Gasteiger partial charge in [-0.05, 0) is 43.5 Å². The third-order valence-electron chi connectivity index (χ3n) is 3.83. The maximum Gasteiger partial charge on any atom is 0.123 e. The van der Waals surface area contributed by atoms with E-state index < -0.39 is 0 Å². The van der Waals surface area contributed by atoms with Crippen molar-refractivity contribution in [2.75, 3.05) is 0 Å². The highest BCUT2D eigenvalue weighted by atomic mass is 79.9. The number of rotatable bonds is 1. The van der Waals surface area contributed by atoms with E-state index in [-0.39, 0.29) is 11.5 Å². The molecule has 3 heteroatoms. The van der Waals surface area contributed by atoms with Crippen molar-refractivity contribution in [2.24, 2.45) is 0 Å². The van der Waals surface area contributed by atoms with Gasteiger partial charge in [0.25, 0.3) is 0 Å². The third-order valence-corrected chi connectivity index (χ3v) is 4.56. The molecule has 0 fully saturated rings. The molecule has 20 heavy (non-hydrogen) atoms. The first kappa shape index (κ1) is 13.6. The molecule has 3 rings (SSSR count). The fourth-order valence-electron chi connectivity index (χ4n) is 3.07. The number of allylic oxidation sites excluding steroid dienone is 3. The first-order valence-corrected chi connectivity index (χ1v) is 7.64. The Labute approximate surface area is 128 Å². The fraction of sp³-hybridized carbons (Fsp3) is 0.353.